The molecule has 8 nitrogen and oxygen atoms in total. The molecular weight excluding hydrogens is 446 g/mol. The van der Waals surface area contributed by atoms with Crippen molar-refractivity contribution in [1.82, 2.24) is 14.8 Å². The van der Waals surface area contributed by atoms with E-state index in [1.54, 1.807) is 36.0 Å². The summed E-state index contributed by atoms with van der Waals surface area (Å²) in [6.07, 6.45) is 7.18. The molecule has 0 bridgehead atoms. The van der Waals surface area contributed by atoms with Crippen LogP contribution >= 0.6 is 0 Å². The lowest BCUT2D eigenvalue weighted by Gasteiger charge is -2.37. The first-order chi connectivity index (χ1) is 16.7. The first-order valence-corrected chi connectivity index (χ1v) is 12.8. The number of ether oxygens (including phenoxy) is 1. The number of amides is 2. The molecule has 2 amide bonds. The van der Waals surface area contributed by atoms with E-state index in [9.17, 15) is 19.8 Å². The number of rotatable bonds is 6. The predicted octanol–water partition coefficient (Wildman–Crippen LogP) is 2.22. The molecular formula is C27H37N3O5. The highest BCUT2D eigenvalue weighted by Crippen LogP contribution is 2.33. The Balaban J connectivity index is 1.61. The first-order valence-electron chi connectivity index (χ1n) is 12.8. The summed E-state index contributed by atoms with van der Waals surface area (Å²) in [5.41, 5.74) is -0.181. The normalized spacial score (nSPS) is 24.4. The quantitative estimate of drug-likeness (QED) is 0.602. The molecule has 190 valence electrons. The Bertz CT molecular complexity index is 1010. The molecule has 2 N–H and O–H groups in total. The van der Waals surface area contributed by atoms with Gasteiger partial charge < -0.3 is 24.7 Å². The summed E-state index contributed by atoms with van der Waals surface area (Å²) in [5.74, 6) is 6.40. The van der Waals surface area contributed by atoms with Crippen molar-refractivity contribution in [2.24, 2.45) is 11.8 Å². The number of pyridine rings is 1. The van der Waals surface area contributed by atoms with Crippen molar-refractivity contribution in [3.63, 3.8) is 0 Å². The highest BCUT2D eigenvalue weighted by atomic mass is 16.5. The van der Waals surface area contributed by atoms with Gasteiger partial charge in [0.1, 0.15) is 17.3 Å². The molecule has 0 aromatic carbocycles. The highest BCUT2D eigenvalue weighted by molar-refractivity contribution is 5.97. The maximum absolute atomic E-state index is 13.5. The zero-order chi connectivity index (χ0) is 25.2. The SMILES string of the molecule is C[C@H]1CN([C@@H](C)CO)C(=O)c2cc(C#CC3(O)CCCC3)cnc2O[C@H]1CN(C)C(=O)CC1CC1. The maximum atomic E-state index is 13.5. The van der Waals surface area contributed by atoms with E-state index in [4.69, 9.17) is 4.74 Å². The molecule has 1 aromatic heterocycles. The minimum Gasteiger partial charge on any atom is -0.472 e. The van der Waals surface area contributed by atoms with Gasteiger partial charge in [-0.15, -0.1) is 0 Å². The summed E-state index contributed by atoms with van der Waals surface area (Å²) in [6, 6.07) is 1.27. The van der Waals surface area contributed by atoms with Crippen LogP contribution in [0.4, 0.5) is 0 Å². The summed E-state index contributed by atoms with van der Waals surface area (Å²) < 4.78 is 6.26. The van der Waals surface area contributed by atoms with Gasteiger partial charge >= 0.3 is 0 Å². The summed E-state index contributed by atoms with van der Waals surface area (Å²) in [6.45, 7) is 4.39. The van der Waals surface area contributed by atoms with Crippen LogP contribution in [-0.4, -0.2) is 81.3 Å². The number of nitrogens with zero attached hydrogens (tertiary/aromatic N) is 3. The number of hydrogen-bond donors (Lipinski definition) is 2. The lowest BCUT2D eigenvalue weighted by molar-refractivity contribution is -0.131. The first kappa shape index (κ1) is 25.5. The van der Waals surface area contributed by atoms with E-state index >= 15 is 0 Å². The zero-order valence-corrected chi connectivity index (χ0v) is 21.0. The van der Waals surface area contributed by atoms with Crippen molar-refractivity contribution in [3.8, 4) is 17.7 Å². The van der Waals surface area contributed by atoms with E-state index in [-0.39, 0.29) is 47.9 Å². The van der Waals surface area contributed by atoms with Crippen molar-refractivity contribution in [2.75, 3.05) is 26.7 Å². The molecule has 2 fully saturated rings. The average Bonchev–Trinajstić information content (AvgIpc) is 3.56. The summed E-state index contributed by atoms with van der Waals surface area (Å²) >= 11 is 0. The second-order valence-electron chi connectivity index (χ2n) is 10.6. The molecule has 35 heavy (non-hydrogen) atoms. The summed E-state index contributed by atoms with van der Waals surface area (Å²) in [5, 5.41) is 20.4. The number of fused-ring (bicyclic) bond motifs is 1. The van der Waals surface area contributed by atoms with Crippen molar-refractivity contribution in [1.29, 1.82) is 0 Å². The fourth-order valence-electron chi connectivity index (χ4n) is 4.76. The fourth-order valence-corrected chi connectivity index (χ4v) is 4.76. The molecule has 3 aliphatic rings. The second kappa shape index (κ2) is 10.5. The molecule has 0 saturated heterocycles. The Hall–Kier alpha value is -2.63. The van der Waals surface area contributed by atoms with Crippen LogP contribution in [0.5, 0.6) is 5.88 Å². The maximum Gasteiger partial charge on any atom is 0.259 e. The molecule has 0 spiro atoms. The Morgan fingerprint density at radius 3 is 2.74 bits per heavy atom. The van der Waals surface area contributed by atoms with E-state index < -0.39 is 5.60 Å². The number of aliphatic hydroxyl groups is 2. The second-order valence-corrected chi connectivity index (χ2v) is 10.6. The van der Waals surface area contributed by atoms with Crippen LogP contribution in [0.2, 0.25) is 0 Å². The molecule has 2 saturated carbocycles. The molecule has 3 atom stereocenters. The number of carbonyl (C=O) groups excluding carboxylic acids is 2. The van der Waals surface area contributed by atoms with Gasteiger partial charge in [0.2, 0.25) is 11.8 Å². The van der Waals surface area contributed by atoms with Gasteiger partial charge in [-0.1, -0.05) is 18.8 Å². The van der Waals surface area contributed by atoms with Crippen LogP contribution in [-0.2, 0) is 4.79 Å². The standard InChI is InChI=1S/C27H37N3O5/c1-18-15-30(19(2)17-31)26(33)22-12-21(8-11-27(34)9-4-5-10-27)14-28-25(22)35-23(18)16-29(3)24(32)13-20-6-7-20/h12,14,18-20,23,31,34H,4-7,9-10,13,15-17H2,1-3H3/t18-,19-,23-/m0/s1. The predicted molar refractivity (Wildman–Crippen MR) is 131 cm³/mol. The third-order valence-corrected chi connectivity index (χ3v) is 7.43. The van der Waals surface area contributed by atoms with E-state index in [0.29, 0.717) is 43.8 Å². The molecule has 2 aliphatic carbocycles. The smallest absolute Gasteiger partial charge is 0.259 e. The van der Waals surface area contributed by atoms with Gasteiger partial charge in [-0.2, -0.15) is 0 Å². The topological polar surface area (TPSA) is 103 Å². The fraction of sp³-hybridized carbons (Fsp3) is 0.667. The number of aliphatic hydroxyl groups excluding tert-OH is 1. The third-order valence-electron chi connectivity index (χ3n) is 7.43. The van der Waals surface area contributed by atoms with Crippen LogP contribution in [0.15, 0.2) is 12.3 Å². The molecule has 0 unspecified atom stereocenters. The van der Waals surface area contributed by atoms with E-state index in [2.05, 4.69) is 16.8 Å². The van der Waals surface area contributed by atoms with Crippen molar-refractivity contribution >= 4 is 11.8 Å². The summed E-state index contributed by atoms with van der Waals surface area (Å²) in [7, 11) is 1.79. The van der Waals surface area contributed by atoms with Crippen LogP contribution in [0.25, 0.3) is 0 Å². The van der Waals surface area contributed by atoms with Crippen molar-refractivity contribution in [2.45, 2.75) is 76.5 Å². The van der Waals surface area contributed by atoms with Gasteiger partial charge in [0.05, 0.1) is 19.2 Å². The van der Waals surface area contributed by atoms with E-state index in [1.165, 1.54) is 0 Å². The van der Waals surface area contributed by atoms with Crippen LogP contribution in [0.3, 0.4) is 0 Å². The monoisotopic (exact) mass is 483 g/mol. The van der Waals surface area contributed by atoms with Gasteiger partial charge in [-0.25, -0.2) is 4.98 Å². The molecule has 4 rings (SSSR count). The minimum atomic E-state index is -0.986. The van der Waals surface area contributed by atoms with E-state index in [1.807, 2.05) is 6.92 Å². The molecule has 1 aliphatic heterocycles. The number of carbonyl (C=O) groups is 2. The van der Waals surface area contributed by atoms with Crippen LogP contribution in [0, 0.1) is 23.7 Å². The Labute approximate surface area is 207 Å². The Morgan fingerprint density at radius 1 is 1.37 bits per heavy atom. The highest BCUT2D eigenvalue weighted by Gasteiger charge is 2.35. The van der Waals surface area contributed by atoms with Gasteiger partial charge in [0.25, 0.3) is 5.91 Å². The van der Waals surface area contributed by atoms with E-state index in [0.717, 1.165) is 25.7 Å². The number of hydrogen-bond acceptors (Lipinski definition) is 6. The molecule has 2 heterocycles. The minimum absolute atomic E-state index is 0.0878. The Morgan fingerprint density at radius 2 is 2.09 bits per heavy atom. The van der Waals surface area contributed by atoms with Crippen LogP contribution < -0.4 is 4.74 Å². The molecule has 8 heteroatoms. The van der Waals surface area contributed by atoms with Gasteiger partial charge in [0, 0.05) is 37.7 Å². The average molecular weight is 484 g/mol. The van der Waals surface area contributed by atoms with Gasteiger partial charge in [-0.3, -0.25) is 9.59 Å². The van der Waals surface area contributed by atoms with Crippen LogP contribution in [0.1, 0.15) is 74.7 Å². The van der Waals surface area contributed by atoms with Crippen molar-refractivity contribution < 1.29 is 24.5 Å². The lowest BCUT2D eigenvalue weighted by Crippen LogP contribution is -2.50. The largest absolute Gasteiger partial charge is 0.472 e. The molecule has 1 aromatic rings. The zero-order valence-electron chi connectivity index (χ0n) is 21.0. The molecule has 0 radical (unpaired) electrons. The van der Waals surface area contributed by atoms with Crippen molar-refractivity contribution in [3.05, 3.63) is 23.4 Å². The van der Waals surface area contributed by atoms with Gasteiger partial charge in [0.15, 0.2) is 0 Å². The lowest BCUT2D eigenvalue weighted by atomic mass is 9.99. The number of likely N-dealkylation sites (N-methyl/N-ethyl adjacent to an activating group) is 1. The Kier molecular flexibility index (Phi) is 7.67. The summed E-state index contributed by atoms with van der Waals surface area (Å²) in [4.78, 5) is 33.9. The van der Waals surface area contributed by atoms with Gasteiger partial charge in [-0.05, 0) is 57.4 Å². The third kappa shape index (κ3) is 6.14. The number of aromatic nitrogens is 1.